The van der Waals surface area contributed by atoms with Crippen LogP contribution in [0.3, 0.4) is 0 Å². The van der Waals surface area contributed by atoms with Crippen molar-refractivity contribution in [1.29, 1.82) is 0 Å². The van der Waals surface area contributed by atoms with Gasteiger partial charge in [-0.2, -0.15) is 0 Å². The monoisotopic (exact) mass is 327 g/mol. The third kappa shape index (κ3) is 3.22. The highest BCUT2D eigenvalue weighted by atomic mass is 35.5. The number of carbonyl (C=O) groups is 1. The Kier molecular flexibility index (Phi) is 4.35. The fourth-order valence-electron chi connectivity index (χ4n) is 2.57. The molecule has 0 radical (unpaired) electrons. The maximum atomic E-state index is 12.7. The number of pyridine rings is 1. The Labute approximate surface area is 140 Å². The van der Waals surface area contributed by atoms with E-state index in [1.165, 1.54) is 0 Å². The van der Waals surface area contributed by atoms with Crippen molar-refractivity contribution in [3.8, 4) is 0 Å². The van der Waals surface area contributed by atoms with E-state index >= 15 is 0 Å². The number of carbonyl (C=O) groups excluding carboxylic acids is 1. The molecule has 23 heavy (non-hydrogen) atoms. The molecule has 0 atom stereocenters. The normalized spacial score (nSPS) is 10.9. The zero-order valence-corrected chi connectivity index (χ0v) is 13.9. The van der Waals surface area contributed by atoms with Gasteiger partial charge in [0.1, 0.15) is 11.3 Å². The second-order valence-corrected chi connectivity index (χ2v) is 5.99. The summed E-state index contributed by atoms with van der Waals surface area (Å²) in [5.41, 5.74) is 4.05. The van der Waals surface area contributed by atoms with Crippen LogP contribution in [-0.4, -0.2) is 15.3 Å². The molecule has 0 saturated carbocycles. The number of aryl methyl sites for hydroxylation is 2. The molecule has 3 rings (SSSR count). The van der Waals surface area contributed by atoms with Crippen molar-refractivity contribution in [3.63, 3.8) is 0 Å². The summed E-state index contributed by atoms with van der Waals surface area (Å²) in [6.45, 7) is 4.10. The summed E-state index contributed by atoms with van der Waals surface area (Å²) in [6, 6.07) is 11.0. The van der Waals surface area contributed by atoms with Gasteiger partial charge in [-0.25, -0.2) is 4.98 Å². The highest BCUT2D eigenvalue weighted by molar-refractivity contribution is 6.30. The van der Waals surface area contributed by atoms with Crippen molar-refractivity contribution in [3.05, 3.63) is 64.6 Å². The quantitative estimate of drug-likeness (QED) is 0.766. The predicted octanol–water partition coefficient (Wildman–Crippen LogP) is 4.50. The van der Waals surface area contributed by atoms with Crippen LogP contribution < -0.4 is 5.32 Å². The highest BCUT2D eigenvalue weighted by Crippen LogP contribution is 2.19. The maximum Gasteiger partial charge on any atom is 0.274 e. The van der Waals surface area contributed by atoms with Crippen LogP contribution >= 0.6 is 11.6 Å². The number of halogens is 1. The van der Waals surface area contributed by atoms with Crippen LogP contribution in [0.5, 0.6) is 0 Å². The van der Waals surface area contributed by atoms with Crippen molar-refractivity contribution in [2.75, 3.05) is 5.32 Å². The average molecular weight is 328 g/mol. The van der Waals surface area contributed by atoms with Gasteiger partial charge < -0.3 is 5.32 Å². The number of aromatic nitrogens is 2. The van der Waals surface area contributed by atoms with Crippen LogP contribution in [0.25, 0.3) is 5.65 Å². The van der Waals surface area contributed by atoms with Crippen LogP contribution in [0.2, 0.25) is 5.02 Å². The number of hydrogen-bond acceptors (Lipinski definition) is 2. The Hall–Kier alpha value is -2.33. The summed E-state index contributed by atoms with van der Waals surface area (Å²) in [5.74, 6) is -0.160. The van der Waals surface area contributed by atoms with Crippen LogP contribution in [0.4, 0.5) is 5.69 Å². The lowest BCUT2D eigenvalue weighted by Gasteiger charge is -2.07. The summed E-state index contributed by atoms with van der Waals surface area (Å²) in [7, 11) is 0. The molecule has 4 nitrogen and oxygen atoms in total. The lowest BCUT2D eigenvalue weighted by atomic mass is 10.2. The minimum atomic E-state index is -0.160. The second-order valence-electron chi connectivity index (χ2n) is 5.55. The summed E-state index contributed by atoms with van der Waals surface area (Å²) in [6.07, 6.45) is 3.60. The fraction of sp³-hybridized carbons (Fsp3) is 0.222. The zero-order valence-electron chi connectivity index (χ0n) is 13.1. The number of anilines is 1. The molecule has 3 aromatic rings. The molecule has 0 unspecified atom stereocenters. The first-order valence-electron chi connectivity index (χ1n) is 7.63. The van der Waals surface area contributed by atoms with E-state index in [0.717, 1.165) is 29.7 Å². The second kappa shape index (κ2) is 6.42. The molecule has 1 N–H and O–H groups in total. The standard InChI is InChI=1S/C18H18ClN3O/c1-3-4-15-17(22-10-9-12(2)11-16(22)21-15)18(23)20-14-7-5-13(19)6-8-14/h5-11H,3-4H2,1-2H3,(H,20,23). The van der Waals surface area contributed by atoms with Gasteiger partial charge in [0.2, 0.25) is 0 Å². The molecule has 0 fully saturated rings. The first-order chi connectivity index (χ1) is 11.1. The number of nitrogens with zero attached hydrogens (tertiary/aromatic N) is 2. The van der Waals surface area contributed by atoms with E-state index in [2.05, 4.69) is 17.2 Å². The Bertz CT molecular complexity index is 853. The summed E-state index contributed by atoms with van der Waals surface area (Å²) in [4.78, 5) is 17.4. The van der Waals surface area contributed by atoms with Crippen LogP contribution in [0.15, 0.2) is 42.6 Å². The molecule has 118 valence electrons. The average Bonchev–Trinajstić information content (AvgIpc) is 2.87. The molecule has 0 aliphatic carbocycles. The van der Waals surface area contributed by atoms with E-state index < -0.39 is 0 Å². The molecule has 0 aliphatic heterocycles. The van der Waals surface area contributed by atoms with Gasteiger partial charge in [-0.1, -0.05) is 24.9 Å². The molecule has 0 aliphatic rings. The number of rotatable bonds is 4. The number of hydrogen-bond donors (Lipinski definition) is 1. The van der Waals surface area contributed by atoms with E-state index in [1.54, 1.807) is 24.3 Å². The minimum absolute atomic E-state index is 0.160. The third-order valence-corrected chi connectivity index (χ3v) is 3.91. The van der Waals surface area contributed by atoms with E-state index in [4.69, 9.17) is 11.6 Å². The number of amides is 1. The van der Waals surface area contributed by atoms with Gasteiger partial charge in [0.05, 0.1) is 5.69 Å². The number of nitrogens with one attached hydrogen (secondary N) is 1. The first kappa shape index (κ1) is 15.6. The Morgan fingerprint density at radius 3 is 2.70 bits per heavy atom. The van der Waals surface area contributed by atoms with Crippen LogP contribution in [0, 0.1) is 6.92 Å². The van der Waals surface area contributed by atoms with Gasteiger partial charge in [0, 0.05) is 16.9 Å². The van der Waals surface area contributed by atoms with Crippen molar-refractivity contribution in [2.24, 2.45) is 0 Å². The zero-order chi connectivity index (χ0) is 16.4. The van der Waals surface area contributed by atoms with Crippen molar-refractivity contribution in [1.82, 2.24) is 9.38 Å². The van der Waals surface area contributed by atoms with E-state index in [0.29, 0.717) is 16.4 Å². The van der Waals surface area contributed by atoms with Crippen molar-refractivity contribution >= 4 is 28.8 Å². The van der Waals surface area contributed by atoms with E-state index in [9.17, 15) is 4.79 Å². The fourth-order valence-corrected chi connectivity index (χ4v) is 2.70. The molecular weight excluding hydrogens is 310 g/mol. The molecular formula is C18H18ClN3O. The number of benzene rings is 1. The van der Waals surface area contributed by atoms with Crippen LogP contribution in [-0.2, 0) is 6.42 Å². The van der Waals surface area contributed by atoms with Crippen molar-refractivity contribution in [2.45, 2.75) is 26.7 Å². The first-order valence-corrected chi connectivity index (χ1v) is 8.01. The smallest absolute Gasteiger partial charge is 0.274 e. The van der Waals surface area contributed by atoms with E-state index in [1.807, 2.05) is 29.7 Å². The Morgan fingerprint density at radius 2 is 2.00 bits per heavy atom. The molecule has 2 aromatic heterocycles. The largest absolute Gasteiger partial charge is 0.321 e. The van der Waals surface area contributed by atoms with Gasteiger partial charge in [0.25, 0.3) is 5.91 Å². The van der Waals surface area contributed by atoms with Crippen LogP contribution in [0.1, 0.15) is 35.1 Å². The molecule has 1 amide bonds. The maximum absolute atomic E-state index is 12.7. The molecule has 0 spiro atoms. The SMILES string of the molecule is CCCc1nc2cc(C)ccn2c1C(=O)Nc1ccc(Cl)cc1. The molecule has 0 bridgehead atoms. The lowest BCUT2D eigenvalue weighted by Crippen LogP contribution is -2.16. The van der Waals surface area contributed by atoms with Crippen molar-refractivity contribution < 1.29 is 4.79 Å². The Morgan fingerprint density at radius 1 is 1.26 bits per heavy atom. The number of fused-ring (bicyclic) bond motifs is 1. The molecule has 5 heteroatoms. The summed E-state index contributed by atoms with van der Waals surface area (Å²) in [5, 5.41) is 3.56. The van der Waals surface area contributed by atoms with Gasteiger partial charge in [0.15, 0.2) is 0 Å². The predicted molar refractivity (Wildman–Crippen MR) is 93.3 cm³/mol. The molecule has 0 saturated heterocycles. The van der Waals surface area contributed by atoms with Gasteiger partial charge in [-0.05, 0) is 55.3 Å². The van der Waals surface area contributed by atoms with Gasteiger partial charge in [-0.3, -0.25) is 9.20 Å². The number of imidazole rings is 1. The van der Waals surface area contributed by atoms with Gasteiger partial charge >= 0.3 is 0 Å². The summed E-state index contributed by atoms with van der Waals surface area (Å²) >= 11 is 5.88. The highest BCUT2D eigenvalue weighted by Gasteiger charge is 2.19. The van der Waals surface area contributed by atoms with Gasteiger partial charge in [-0.15, -0.1) is 0 Å². The minimum Gasteiger partial charge on any atom is -0.321 e. The van der Waals surface area contributed by atoms with E-state index in [-0.39, 0.29) is 5.91 Å². The lowest BCUT2D eigenvalue weighted by molar-refractivity contribution is 0.102. The third-order valence-electron chi connectivity index (χ3n) is 3.66. The topological polar surface area (TPSA) is 46.4 Å². The molecule has 1 aromatic carbocycles. The summed E-state index contributed by atoms with van der Waals surface area (Å²) < 4.78 is 1.85. The Balaban J connectivity index is 2.00. The molecule has 2 heterocycles.